The largest absolute Gasteiger partial charge is 0.506 e. The Kier molecular flexibility index (Phi) is 4.78. The van der Waals surface area contributed by atoms with E-state index < -0.39 is 0 Å². The van der Waals surface area contributed by atoms with Gasteiger partial charge in [0.15, 0.2) is 0 Å². The lowest BCUT2D eigenvalue weighted by molar-refractivity contribution is -0.114. The van der Waals surface area contributed by atoms with Crippen LogP contribution < -0.4 is 5.32 Å². The van der Waals surface area contributed by atoms with Gasteiger partial charge in [-0.3, -0.25) is 4.79 Å². The summed E-state index contributed by atoms with van der Waals surface area (Å²) in [5.41, 5.74) is 3.52. The molecule has 0 saturated carbocycles. The van der Waals surface area contributed by atoms with Crippen LogP contribution >= 0.6 is 11.6 Å². The maximum absolute atomic E-state index is 11.4. The van der Waals surface area contributed by atoms with E-state index in [0.717, 1.165) is 30.6 Å². The molecule has 1 aliphatic rings. The Morgan fingerprint density at radius 2 is 2.04 bits per heavy atom. The van der Waals surface area contributed by atoms with Gasteiger partial charge in [0, 0.05) is 25.9 Å². The highest BCUT2D eigenvalue weighted by molar-refractivity contribution is 6.35. The summed E-state index contributed by atoms with van der Waals surface area (Å²) in [5.74, 6) is -0.111. The van der Waals surface area contributed by atoms with Crippen LogP contribution in [0.1, 0.15) is 29.5 Å². The Balaban J connectivity index is 2.15. The Bertz CT molecular complexity index is 762. The predicted molar refractivity (Wildman–Crippen MR) is 96.9 cm³/mol. The first kappa shape index (κ1) is 16.8. The Morgan fingerprint density at radius 3 is 2.71 bits per heavy atom. The third-order valence-electron chi connectivity index (χ3n) is 4.50. The molecule has 3 rings (SSSR count). The second-order valence-electron chi connectivity index (χ2n) is 6.31. The number of phenolic OH excluding ortho intramolecular Hbond substituents is 1. The maximum atomic E-state index is 11.4. The molecule has 0 radical (unpaired) electrons. The molecule has 0 bridgehead atoms. The minimum atomic E-state index is -0.252. The van der Waals surface area contributed by atoms with Crippen LogP contribution in [0, 0.1) is 0 Å². The molecule has 5 heteroatoms. The van der Waals surface area contributed by atoms with Crippen LogP contribution in [0.4, 0.5) is 5.69 Å². The lowest BCUT2D eigenvalue weighted by Crippen LogP contribution is -2.24. The zero-order chi connectivity index (χ0) is 17.3. The highest BCUT2D eigenvalue weighted by Crippen LogP contribution is 2.42. The number of nitrogens with one attached hydrogen (secondary N) is 1. The lowest BCUT2D eigenvalue weighted by Gasteiger charge is -2.23. The number of carbonyl (C=O) groups excluding carboxylic acids is 1. The van der Waals surface area contributed by atoms with Crippen molar-refractivity contribution >= 4 is 23.2 Å². The smallest absolute Gasteiger partial charge is 0.221 e. The van der Waals surface area contributed by atoms with Crippen molar-refractivity contribution in [3.05, 3.63) is 58.1 Å². The standard InChI is InChI=1S/C19H21ClN2O2/c1-12(23)21-19-17(24)10-15-14(18(19)20)8-9-22(2)11-16(15)13-6-4-3-5-7-13/h3-7,10,16,24H,8-9,11H2,1-2H3,(H,21,23). The number of likely N-dealkylation sites (N-methyl/N-ethyl adjacent to an activating group) is 1. The molecule has 0 aliphatic carbocycles. The number of carbonyl (C=O) groups is 1. The van der Waals surface area contributed by atoms with Crippen LogP contribution in [-0.2, 0) is 11.2 Å². The molecule has 1 unspecified atom stereocenters. The molecule has 1 atom stereocenters. The minimum Gasteiger partial charge on any atom is -0.506 e. The molecule has 0 spiro atoms. The number of fused-ring (bicyclic) bond motifs is 1. The number of aromatic hydroxyl groups is 1. The van der Waals surface area contributed by atoms with E-state index >= 15 is 0 Å². The van der Waals surface area contributed by atoms with E-state index in [1.807, 2.05) is 18.2 Å². The van der Waals surface area contributed by atoms with Gasteiger partial charge in [0.2, 0.25) is 5.91 Å². The molecule has 1 aliphatic heterocycles. The van der Waals surface area contributed by atoms with Crippen molar-refractivity contribution < 1.29 is 9.90 Å². The fourth-order valence-electron chi connectivity index (χ4n) is 3.33. The highest BCUT2D eigenvalue weighted by Gasteiger charge is 2.27. The quantitative estimate of drug-likeness (QED) is 0.818. The summed E-state index contributed by atoms with van der Waals surface area (Å²) in [7, 11) is 2.09. The van der Waals surface area contributed by atoms with E-state index in [2.05, 4.69) is 29.4 Å². The van der Waals surface area contributed by atoms with E-state index in [0.29, 0.717) is 10.7 Å². The maximum Gasteiger partial charge on any atom is 0.221 e. The van der Waals surface area contributed by atoms with Crippen molar-refractivity contribution in [2.24, 2.45) is 0 Å². The molecule has 1 amide bonds. The van der Waals surface area contributed by atoms with E-state index in [1.54, 1.807) is 6.07 Å². The van der Waals surface area contributed by atoms with Crippen molar-refractivity contribution in [1.82, 2.24) is 4.90 Å². The summed E-state index contributed by atoms with van der Waals surface area (Å²) in [6, 6.07) is 12.0. The summed E-state index contributed by atoms with van der Waals surface area (Å²) in [4.78, 5) is 13.7. The Hall–Kier alpha value is -2.04. The SMILES string of the molecule is CC(=O)Nc1c(O)cc2c(c1Cl)CCN(C)CC2c1ccccc1. The first-order valence-corrected chi connectivity index (χ1v) is 8.40. The average Bonchev–Trinajstić information content (AvgIpc) is 2.71. The summed E-state index contributed by atoms with van der Waals surface area (Å²) in [6.45, 7) is 3.13. The molecule has 2 aromatic carbocycles. The molecule has 2 aromatic rings. The van der Waals surface area contributed by atoms with Crippen LogP contribution in [0.3, 0.4) is 0 Å². The van der Waals surface area contributed by atoms with Gasteiger partial charge < -0.3 is 15.3 Å². The zero-order valence-corrected chi connectivity index (χ0v) is 14.6. The molecule has 4 nitrogen and oxygen atoms in total. The van der Waals surface area contributed by atoms with Crippen molar-refractivity contribution in [3.8, 4) is 5.75 Å². The molecular weight excluding hydrogens is 324 g/mol. The van der Waals surface area contributed by atoms with Gasteiger partial charge in [0.25, 0.3) is 0 Å². The second kappa shape index (κ2) is 6.83. The van der Waals surface area contributed by atoms with Gasteiger partial charge in [0.1, 0.15) is 11.4 Å². The first-order valence-electron chi connectivity index (χ1n) is 8.02. The Labute approximate surface area is 147 Å². The summed E-state index contributed by atoms with van der Waals surface area (Å²) in [6.07, 6.45) is 0.779. The van der Waals surface area contributed by atoms with Crippen LogP contribution in [0.2, 0.25) is 5.02 Å². The number of rotatable bonds is 2. The molecule has 0 fully saturated rings. The number of anilines is 1. The fraction of sp³-hybridized carbons (Fsp3) is 0.316. The number of phenols is 1. The van der Waals surface area contributed by atoms with Gasteiger partial charge in [-0.05, 0) is 36.2 Å². The Morgan fingerprint density at radius 1 is 1.33 bits per heavy atom. The second-order valence-corrected chi connectivity index (χ2v) is 6.69. The van der Waals surface area contributed by atoms with Crippen LogP contribution in [0.25, 0.3) is 0 Å². The highest BCUT2D eigenvalue weighted by atomic mass is 35.5. The fourth-order valence-corrected chi connectivity index (χ4v) is 3.68. The van der Waals surface area contributed by atoms with Crippen molar-refractivity contribution in [2.75, 3.05) is 25.5 Å². The molecule has 0 saturated heterocycles. The van der Waals surface area contributed by atoms with Crippen molar-refractivity contribution in [2.45, 2.75) is 19.3 Å². The van der Waals surface area contributed by atoms with Gasteiger partial charge in [-0.25, -0.2) is 0 Å². The molecule has 1 heterocycles. The summed E-state index contributed by atoms with van der Waals surface area (Å²) >= 11 is 6.56. The molecule has 24 heavy (non-hydrogen) atoms. The van der Waals surface area contributed by atoms with Gasteiger partial charge in [-0.2, -0.15) is 0 Å². The van der Waals surface area contributed by atoms with E-state index in [1.165, 1.54) is 12.5 Å². The van der Waals surface area contributed by atoms with Crippen LogP contribution in [-0.4, -0.2) is 36.1 Å². The number of amides is 1. The first-order chi connectivity index (χ1) is 11.5. The van der Waals surface area contributed by atoms with Crippen LogP contribution in [0.5, 0.6) is 5.75 Å². The lowest BCUT2D eigenvalue weighted by atomic mass is 9.87. The van der Waals surface area contributed by atoms with Crippen molar-refractivity contribution in [3.63, 3.8) is 0 Å². The normalized spacial score (nSPS) is 17.9. The van der Waals surface area contributed by atoms with Gasteiger partial charge in [-0.1, -0.05) is 41.9 Å². The predicted octanol–water partition coefficient (Wildman–Crippen LogP) is 3.62. The molecule has 0 aromatic heterocycles. The minimum absolute atomic E-state index is 0.0134. The number of hydrogen-bond acceptors (Lipinski definition) is 3. The molecular formula is C19H21ClN2O2. The van der Waals surface area contributed by atoms with Crippen molar-refractivity contribution in [1.29, 1.82) is 0 Å². The van der Waals surface area contributed by atoms with Gasteiger partial charge in [-0.15, -0.1) is 0 Å². The number of nitrogens with zero attached hydrogens (tertiary/aromatic N) is 1. The summed E-state index contributed by atoms with van der Waals surface area (Å²) < 4.78 is 0. The third kappa shape index (κ3) is 3.25. The topological polar surface area (TPSA) is 52.6 Å². The van der Waals surface area contributed by atoms with Crippen LogP contribution in [0.15, 0.2) is 36.4 Å². The van der Waals surface area contributed by atoms with Gasteiger partial charge >= 0.3 is 0 Å². The van der Waals surface area contributed by atoms with E-state index in [9.17, 15) is 9.90 Å². The molecule has 2 N–H and O–H groups in total. The zero-order valence-electron chi connectivity index (χ0n) is 13.8. The van der Waals surface area contributed by atoms with E-state index in [-0.39, 0.29) is 17.6 Å². The monoisotopic (exact) mass is 344 g/mol. The molecule has 126 valence electrons. The average molecular weight is 345 g/mol. The number of benzene rings is 2. The van der Waals surface area contributed by atoms with E-state index in [4.69, 9.17) is 11.6 Å². The number of halogens is 1. The number of hydrogen-bond donors (Lipinski definition) is 2. The van der Waals surface area contributed by atoms with Gasteiger partial charge in [0.05, 0.1) is 5.02 Å². The third-order valence-corrected chi connectivity index (χ3v) is 4.91. The summed E-state index contributed by atoms with van der Waals surface area (Å²) in [5, 5.41) is 13.5.